The van der Waals surface area contributed by atoms with Gasteiger partial charge in [-0.3, -0.25) is 0 Å². The van der Waals surface area contributed by atoms with Crippen LogP contribution in [-0.4, -0.2) is 7.15 Å². The molecule has 0 heterocycles. The summed E-state index contributed by atoms with van der Waals surface area (Å²) in [6, 6.07) is 0. The Kier molecular flexibility index (Phi) is 0.622. The molecule has 0 aromatic heterocycles. The fraction of sp³-hybridized carbons (Fsp3) is 1.00. The van der Waals surface area contributed by atoms with Crippen molar-refractivity contribution in [2.45, 2.75) is 25.1 Å². The molecule has 0 N–H and O–H groups in total. The first-order valence-corrected chi connectivity index (χ1v) is 2.23. The van der Waals surface area contributed by atoms with Gasteiger partial charge in [-0.1, -0.05) is 0 Å². The van der Waals surface area contributed by atoms with Gasteiger partial charge in [-0.25, -0.2) is 0 Å². The van der Waals surface area contributed by atoms with Crippen molar-refractivity contribution in [3.05, 3.63) is 0 Å². The van der Waals surface area contributed by atoms with Gasteiger partial charge in [0.25, 0.3) is 0 Å². The predicted molar refractivity (Wildman–Crippen MR) is 24.0 cm³/mol. The molecule has 0 aromatic rings. The van der Waals surface area contributed by atoms with Gasteiger partial charge in [0, 0.05) is 0 Å². The van der Waals surface area contributed by atoms with Crippen molar-refractivity contribution in [1.29, 1.82) is 0 Å². The molecule has 0 aliphatic heterocycles. The minimum absolute atomic E-state index is 0.111. The SMILES string of the molecule is CC1(B=O)CC1. The van der Waals surface area contributed by atoms with Crippen LogP contribution in [0.15, 0.2) is 0 Å². The molecule has 1 rings (SSSR count). The van der Waals surface area contributed by atoms with E-state index in [0.29, 0.717) is 0 Å². The molecule has 1 fully saturated rings. The Hall–Kier alpha value is -0.135. The summed E-state index contributed by atoms with van der Waals surface area (Å²) in [6.07, 6.45) is 2.22. The fourth-order valence-corrected chi connectivity index (χ4v) is 0.315. The molecular weight excluding hydrogens is 74.9 g/mol. The molecule has 0 spiro atoms. The molecule has 0 radical (unpaired) electrons. The Morgan fingerprint density at radius 2 is 2.17 bits per heavy atom. The van der Waals surface area contributed by atoms with Crippen molar-refractivity contribution >= 4 is 7.15 Å². The molecular formula is C4H7BO. The summed E-state index contributed by atoms with van der Waals surface area (Å²) in [5, 5.41) is 0.111. The van der Waals surface area contributed by atoms with Crippen molar-refractivity contribution in [3.8, 4) is 0 Å². The first kappa shape index (κ1) is 4.04. The van der Waals surface area contributed by atoms with Crippen LogP contribution in [0.5, 0.6) is 0 Å². The normalized spacial score (nSPS) is 25.5. The van der Waals surface area contributed by atoms with Crippen molar-refractivity contribution in [1.82, 2.24) is 0 Å². The van der Waals surface area contributed by atoms with Gasteiger partial charge in [-0.2, -0.15) is 0 Å². The van der Waals surface area contributed by atoms with Gasteiger partial charge in [0.1, 0.15) is 0 Å². The molecule has 0 atom stereocenters. The van der Waals surface area contributed by atoms with E-state index in [1.807, 2.05) is 6.92 Å². The third-order valence-electron chi connectivity index (χ3n) is 1.32. The maximum absolute atomic E-state index is 9.89. The van der Waals surface area contributed by atoms with Gasteiger partial charge >= 0.3 is 36.9 Å². The molecule has 6 heavy (non-hydrogen) atoms. The van der Waals surface area contributed by atoms with Crippen LogP contribution in [0.2, 0.25) is 5.31 Å². The third-order valence-corrected chi connectivity index (χ3v) is 1.32. The molecule has 0 bridgehead atoms. The van der Waals surface area contributed by atoms with Crippen LogP contribution in [0.4, 0.5) is 0 Å². The zero-order valence-corrected chi connectivity index (χ0v) is 3.90. The molecule has 0 unspecified atom stereocenters. The molecule has 0 saturated heterocycles. The van der Waals surface area contributed by atoms with E-state index in [4.69, 9.17) is 0 Å². The Morgan fingerprint density at radius 3 is 2.17 bits per heavy atom. The second-order valence-electron chi connectivity index (χ2n) is 2.27. The number of hydrogen-bond donors (Lipinski definition) is 0. The Morgan fingerprint density at radius 1 is 1.67 bits per heavy atom. The van der Waals surface area contributed by atoms with E-state index in [0.717, 1.165) is 20.0 Å². The Bertz CT molecular complexity index is 75.6. The zero-order chi connectivity index (χ0) is 4.62. The van der Waals surface area contributed by atoms with E-state index < -0.39 is 0 Å². The van der Waals surface area contributed by atoms with Crippen LogP contribution in [0, 0.1) is 0 Å². The standard InChI is InChI=1S/C4H7BO/c1-4(5-6)2-3-4/h2-3H2,1H3. The molecule has 1 aliphatic carbocycles. The second-order valence-corrected chi connectivity index (χ2v) is 2.27. The Labute approximate surface area is 38.0 Å². The average molecular weight is 81.9 g/mol. The van der Waals surface area contributed by atoms with Gasteiger partial charge in [-0.15, -0.1) is 0 Å². The van der Waals surface area contributed by atoms with E-state index in [1.54, 1.807) is 0 Å². The Balaban J connectivity index is 2.47. The van der Waals surface area contributed by atoms with Gasteiger partial charge in [0.2, 0.25) is 0 Å². The first-order chi connectivity index (χ1) is 2.77. The number of hydrogen-bond acceptors (Lipinski definition) is 1. The number of rotatable bonds is 1. The van der Waals surface area contributed by atoms with Gasteiger partial charge in [0.15, 0.2) is 0 Å². The summed E-state index contributed by atoms with van der Waals surface area (Å²) in [4.78, 5) is 0. The monoisotopic (exact) mass is 82.1 g/mol. The molecule has 1 aliphatic rings. The molecule has 2 heteroatoms. The fourth-order valence-electron chi connectivity index (χ4n) is 0.315. The van der Waals surface area contributed by atoms with E-state index in [-0.39, 0.29) is 5.31 Å². The summed E-state index contributed by atoms with van der Waals surface area (Å²) in [7, 11) is 1.05. The predicted octanol–water partition coefficient (Wildman–Crippen LogP) is 1.01. The quantitative estimate of drug-likeness (QED) is 0.431. The first-order valence-electron chi connectivity index (χ1n) is 2.23. The van der Waals surface area contributed by atoms with Gasteiger partial charge in [0.05, 0.1) is 0 Å². The molecule has 1 nitrogen and oxygen atoms in total. The van der Waals surface area contributed by atoms with E-state index in [1.165, 1.54) is 0 Å². The summed E-state index contributed by atoms with van der Waals surface area (Å²) in [5.74, 6) is 0. The minimum atomic E-state index is 0.111. The molecule has 1 saturated carbocycles. The van der Waals surface area contributed by atoms with Crippen molar-refractivity contribution in [2.24, 2.45) is 0 Å². The van der Waals surface area contributed by atoms with Crippen LogP contribution in [0.1, 0.15) is 19.8 Å². The van der Waals surface area contributed by atoms with Crippen molar-refractivity contribution in [2.75, 3.05) is 0 Å². The summed E-state index contributed by atoms with van der Waals surface area (Å²) in [5.41, 5.74) is 0. The van der Waals surface area contributed by atoms with Crippen molar-refractivity contribution in [3.63, 3.8) is 0 Å². The zero-order valence-electron chi connectivity index (χ0n) is 3.90. The van der Waals surface area contributed by atoms with Crippen LogP contribution in [-0.2, 0) is 4.70 Å². The summed E-state index contributed by atoms with van der Waals surface area (Å²) in [6.45, 7) is 1.99. The third kappa shape index (κ3) is 0.513. The summed E-state index contributed by atoms with van der Waals surface area (Å²) < 4.78 is 9.89. The van der Waals surface area contributed by atoms with Crippen molar-refractivity contribution < 1.29 is 4.70 Å². The van der Waals surface area contributed by atoms with E-state index in [2.05, 4.69) is 0 Å². The van der Waals surface area contributed by atoms with E-state index >= 15 is 0 Å². The maximum atomic E-state index is 9.89. The second kappa shape index (κ2) is 0.925. The van der Waals surface area contributed by atoms with Gasteiger partial charge in [-0.05, 0) is 0 Å². The van der Waals surface area contributed by atoms with Crippen LogP contribution in [0.3, 0.4) is 0 Å². The topological polar surface area (TPSA) is 17.1 Å². The molecule has 0 aromatic carbocycles. The summed E-state index contributed by atoms with van der Waals surface area (Å²) >= 11 is 0. The average Bonchev–Trinajstić information content (AvgIpc) is 2.22. The van der Waals surface area contributed by atoms with Crippen LogP contribution in [0.25, 0.3) is 0 Å². The molecule has 0 amide bonds. The van der Waals surface area contributed by atoms with Crippen LogP contribution < -0.4 is 0 Å². The van der Waals surface area contributed by atoms with Crippen LogP contribution >= 0.6 is 0 Å². The van der Waals surface area contributed by atoms with E-state index in [9.17, 15) is 4.70 Å². The van der Waals surface area contributed by atoms with Gasteiger partial charge < -0.3 is 0 Å². The molecule has 32 valence electrons.